The van der Waals surface area contributed by atoms with Crippen molar-refractivity contribution >= 4 is 34.6 Å². The Morgan fingerprint density at radius 2 is 1.76 bits per heavy atom. The number of amidine groups is 1. The van der Waals surface area contributed by atoms with E-state index in [9.17, 15) is 8.78 Å². The van der Waals surface area contributed by atoms with E-state index in [2.05, 4.69) is 15.3 Å². The Labute approximate surface area is 187 Å². The SMILES string of the molecule is NC1C=C(c2ccc3c(c2)Oc2ccccc2C=C3)NC(c2c[nH]c3c(F)cc(F)cc23)=N1. The van der Waals surface area contributed by atoms with E-state index in [-0.39, 0.29) is 5.52 Å². The number of aromatic amines is 1. The predicted octanol–water partition coefficient (Wildman–Crippen LogP) is 5.40. The highest BCUT2D eigenvalue weighted by Gasteiger charge is 2.21. The van der Waals surface area contributed by atoms with Crippen molar-refractivity contribution in [3.8, 4) is 11.5 Å². The summed E-state index contributed by atoms with van der Waals surface area (Å²) in [5.41, 5.74) is 10.5. The summed E-state index contributed by atoms with van der Waals surface area (Å²) in [4.78, 5) is 7.30. The summed E-state index contributed by atoms with van der Waals surface area (Å²) in [6.45, 7) is 0. The van der Waals surface area contributed by atoms with Crippen LogP contribution in [0.5, 0.6) is 11.5 Å². The summed E-state index contributed by atoms with van der Waals surface area (Å²) in [5.74, 6) is 0.595. The molecule has 0 radical (unpaired) electrons. The molecule has 4 aromatic rings. The Kier molecular flexibility index (Phi) is 4.38. The minimum atomic E-state index is -0.663. The number of aliphatic imine (C=N–C) groups is 1. The van der Waals surface area contributed by atoms with Gasteiger partial charge in [-0.15, -0.1) is 0 Å². The van der Waals surface area contributed by atoms with Crippen molar-refractivity contribution in [2.45, 2.75) is 6.17 Å². The Morgan fingerprint density at radius 1 is 0.939 bits per heavy atom. The second kappa shape index (κ2) is 7.43. The first-order valence-corrected chi connectivity index (χ1v) is 10.4. The van der Waals surface area contributed by atoms with E-state index in [4.69, 9.17) is 10.5 Å². The third kappa shape index (κ3) is 3.39. The second-order valence-electron chi connectivity index (χ2n) is 7.91. The fourth-order valence-electron chi connectivity index (χ4n) is 4.15. The van der Waals surface area contributed by atoms with Crippen molar-refractivity contribution in [2.24, 2.45) is 10.7 Å². The zero-order valence-corrected chi connectivity index (χ0v) is 17.3. The van der Waals surface area contributed by atoms with Crippen molar-refractivity contribution in [2.75, 3.05) is 0 Å². The van der Waals surface area contributed by atoms with E-state index >= 15 is 0 Å². The van der Waals surface area contributed by atoms with Gasteiger partial charge in [-0.2, -0.15) is 0 Å². The van der Waals surface area contributed by atoms with Gasteiger partial charge in [0.1, 0.15) is 35.1 Å². The van der Waals surface area contributed by atoms with Crippen LogP contribution in [0.2, 0.25) is 0 Å². The van der Waals surface area contributed by atoms with Crippen LogP contribution in [0.4, 0.5) is 8.78 Å². The molecule has 7 heteroatoms. The van der Waals surface area contributed by atoms with Gasteiger partial charge in [0.15, 0.2) is 0 Å². The Bertz CT molecular complexity index is 1520. The predicted molar refractivity (Wildman–Crippen MR) is 126 cm³/mol. The maximum Gasteiger partial charge on any atom is 0.150 e. The number of ether oxygens (including phenoxy) is 1. The normalized spacial score (nSPS) is 16.8. The van der Waals surface area contributed by atoms with E-state index in [0.29, 0.717) is 22.5 Å². The van der Waals surface area contributed by atoms with Gasteiger partial charge in [-0.05, 0) is 24.3 Å². The molecular formula is C26H18F2N4O. The maximum atomic E-state index is 14.2. The van der Waals surface area contributed by atoms with Gasteiger partial charge in [0, 0.05) is 45.6 Å². The number of hydrogen-bond donors (Lipinski definition) is 3. The monoisotopic (exact) mass is 440 g/mol. The van der Waals surface area contributed by atoms with Crippen molar-refractivity contribution in [1.29, 1.82) is 0 Å². The smallest absolute Gasteiger partial charge is 0.150 e. The van der Waals surface area contributed by atoms with E-state index in [0.717, 1.165) is 34.2 Å². The quantitative estimate of drug-likeness (QED) is 0.344. The lowest BCUT2D eigenvalue weighted by molar-refractivity contribution is 0.481. The van der Waals surface area contributed by atoms with Gasteiger partial charge in [-0.1, -0.05) is 42.5 Å². The minimum absolute atomic E-state index is 0.212. The van der Waals surface area contributed by atoms with Gasteiger partial charge in [0.05, 0.1) is 5.52 Å². The number of fused-ring (bicyclic) bond motifs is 3. The molecule has 1 unspecified atom stereocenters. The highest BCUT2D eigenvalue weighted by molar-refractivity contribution is 6.13. The van der Waals surface area contributed by atoms with Crippen LogP contribution >= 0.6 is 0 Å². The second-order valence-corrected chi connectivity index (χ2v) is 7.91. The molecule has 6 rings (SSSR count). The Hall–Kier alpha value is -4.23. The highest BCUT2D eigenvalue weighted by atomic mass is 19.1. The molecule has 2 aliphatic rings. The number of aromatic nitrogens is 1. The van der Waals surface area contributed by atoms with Gasteiger partial charge in [0.25, 0.3) is 0 Å². The molecule has 3 aromatic carbocycles. The van der Waals surface area contributed by atoms with Crippen molar-refractivity contribution < 1.29 is 13.5 Å². The largest absolute Gasteiger partial charge is 0.456 e. The molecule has 33 heavy (non-hydrogen) atoms. The molecule has 2 aliphatic heterocycles. The van der Waals surface area contributed by atoms with E-state index in [1.807, 2.05) is 54.6 Å². The molecule has 1 atom stereocenters. The van der Waals surface area contributed by atoms with Gasteiger partial charge in [0.2, 0.25) is 0 Å². The highest BCUT2D eigenvalue weighted by Crippen LogP contribution is 2.36. The summed E-state index contributed by atoms with van der Waals surface area (Å²) in [7, 11) is 0. The lowest BCUT2D eigenvalue weighted by atomic mass is 10.0. The van der Waals surface area contributed by atoms with Crippen LogP contribution in [0.1, 0.15) is 22.3 Å². The van der Waals surface area contributed by atoms with Crippen LogP contribution in [-0.4, -0.2) is 17.0 Å². The molecule has 162 valence electrons. The van der Waals surface area contributed by atoms with Crippen LogP contribution < -0.4 is 15.8 Å². The summed E-state index contributed by atoms with van der Waals surface area (Å²) < 4.78 is 34.2. The summed E-state index contributed by atoms with van der Waals surface area (Å²) in [6, 6.07) is 15.8. The molecule has 0 amide bonds. The molecule has 0 spiro atoms. The van der Waals surface area contributed by atoms with Gasteiger partial charge in [-0.25, -0.2) is 13.8 Å². The zero-order valence-electron chi connectivity index (χ0n) is 17.3. The maximum absolute atomic E-state index is 14.2. The molecular weight excluding hydrogens is 422 g/mol. The van der Waals surface area contributed by atoms with Crippen molar-refractivity contribution in [1.82, 2.24) is 10.3 Å². The van der Waals surface area contributed by atoms with Crippen LogP contribution in [-0.2, 0) is 0 Å². The Morgan fingerprint density at radius 3 is 2.64 bits per heavy atom. The number of H-pyrrole nitrogens is 1. The minimum Gasteiger partial charge on any atom is -0.456 e. The number of nitrogens with two attached hydrogens (primary N) is 1. The fourth-order valence-corrected chi connectivity index (χ4v) is 4.15. The first kappa shape index (κ1) is 19.5. The summed E-state index contributed by atoms with van der Waals surface area (Å²) in [5, 5.41) is 3.66. The molecule has 0 bridgehead atoms. The molecule has 3 heterocycles. The lowest BCUT2D eigenvalue weighted by Gasteiger charge is -2.21. The number of nitrogens with one attached hydrogen (secondary N) is 2. The molecule has 1 aromatic heterocycles. The topological polar surface area (TPSA) is 75.4 Å². The van der Waals surface area contributed by atoms with Crippen LogP contribution in [0, 0.1) is 11.6 Å². The van der Waals surface area contributed by atoms with Gasteiger partial charge >= 0.3 is 0 Å². The standard InChI is InChI=1S/C26H18F2N4O/c27-17-10-18-19(13-30-25(18)20(28)11-17)26-31-21(12-24(29)32-26)16-8-7-15-6-5-14-3-1-2-4-22(14)33-23(15)9-16/h1-13,24,30H,29H2,(H,31,32). The van der Waals surface area contributed by atoms with Gasteiger partial charge < -0.3 is 20.8 Å². The van der Waals surface area contributed by atoms with Gasteiger partial charge in [-0.3, -0.25) is 0 Å². The average Bonchev–Trinajstić information content (AvgIpc) is 3.13. The number of rotatable bonds is 2. The molecule has 4 N–H and O–H groups in total. The zero-order chi connectivity index (χ0) is 22.5. The van der Waals surface area contributed by atoms with E-state index in [1.54, 1.807) is 12.3 Å². The molecule has 0 aliphatic carbocycles. The van der Waals surface area contributed by atoms with E-state index in [1.165, 1.54) is 6.07 Å². The fraction of sp³-hybridized carbons (Fsp3) is 0.0385. The third-order valence-corrected chi connectivity index (χ3v) is 5.74. The Balaban J connectivity index is 1.36. The summed E-state index contributed by atoms with van der Waals surface area (Å²) in [6.07, 6.45) is 6.80. The molecule has 5 nitrogen and oxygen atoms in total. The average molecular weight is 440 g/mol. The number of para-hydroxylation sites is 1. The lowest BCUT2D eigenvalue weighted by Crippen LogP contribution is -2.32. The number of nitrogens with zero attached hydrogens (tertiary/aromatic N) is 1. The van der Waals surface area contributed by atoms with Crippen LogP contribution in [0.25, 0.3) is 28.8 Å². The van der Waals surface area contributed by atoms with Crippen LogP contribution in [0.3, 0.4) is 0 Å². The molecule has 0 saturated carbocycles. The third-order valence-electron chi connectivity index (χ3n) is 5.74. The van der Waals surface area contributed by atoms with Crippen molar-refractivity contribution in [3.05, 3.63) is 101 Å². The molecule has 0 saturated heterocycles. The summed E-state index contributed by atoms with van der Waals surface area (Å²) >= 11 is 0. The number of halogens is 2. The van der Waals surface area contributed by atoms with Crippen LogP contribution in [0.15, 0.2) is 71.9 Å². The van der Waals surface area contributed by atoms with Crippen molar-refractivity contribution in [3.63, 3.8) is 0 Å². The molecule has 0 fully saturated rings. The van der Waals surface area contributed by atoms with E-state index < -0.39 is 17.8 Å². The first-order chi connectivity index (χ1) is 16.0. The first-order valence-electron chi connectivity index (χ1n) is 10.4. The number of hydrogen-bond acceptors (Lipinski definition) is 4. The number of benzene rings is 3.